The summed E-state index contributed by atoms with van der Waals surface area (Å²) in [5.41, 5.74) is 0.592. The summed E-state index contributed by atoms with van der Waals surface area (Å²) in [6, 6.07) is 4.73. The van der Waals surface area contributed by atoms with Crippen LogP contribution in [0.4, 0.5) is 4.39 Å². The van der Waals surface area contributed by atoms with Gasteiger partial charge in [-0.15, -0.1) is 0 Å². The molecule has 6 heteroatoms. The van der Waals surface area contributed by atoms with Gasteiger partial charge < -0.3 is 5.11 Å². The highest BCUT2D eigenvalue weighted by Crippen LogP contribution is 2.36. The summed E-state index contributed by atoms with van der Waals surface area (Å²) in [5.74, 6) is -0.546. The number of hydrogen-bond donors (Lipinski definition) is 1. The van der Waals surface area contributed by atoms with Crippen molar-refractivity contribution in [1.82, 2.24) is 9.55 Å². The zero-order chi connectivity index (χ0) is 21.3. The molecular formula is C23H29FN2O3. The summed E-state index contributed by atoms with van der Waals surface area (Å²) in [4.78, 5) is 30.2. The minimum Gasteiger partial charge on any atom is -0.501 e. The molecular weight excluding hydrogens is 371 g/mol. The van der Waals surface area contributed by atoms with Crippen molar-refractivity contribution in [2.45, 2.75) is 72.3 Å². The first-order valence-corrected chi connectivity index (χ1v) is 10.2. The SMILES string of the molecule is CCC1CCC(C)(C)Cn2c1nc(C(=O)CCc1ccc(F)c(C)c1)c(O)c2=O. The van der Waals surface area contributed by atoms with Gasteiger partial charge in [-0.1, -0.05) is 32.9 Å². The van der Waals surface area contributed by atoms with Gasteiger partial charge in [-0.3, -0.25) is 14.2 Å². The molecule has 1 N–H and O–H groups in total. The zero-order valence-electron chi connectivity index (χ0n) is 17.6. The molecule has 1 unspecified atom stereocenters. The number of carbonyl (C=O) groups is 1. The number of aromatic hydroxyl groups is 1. The third-order valence-corrected chi connectivity index (χ3v) is 5.92. The Hall–Kier alpha value is -2.50. The maximum atomic E-state index is 13.4. The Bertz CT molecular complexity index is 994. The Morgan fingerprint density at radius 1 is 1.38 bits per heavy atom. The largest absolute Gasteiger partial charge is 0.501 e. The van der Waals surface area contributed by atoms with Crippen LogP contribution in [0.25, 0.3) is 0 Å². The van der Waals surface area contributed by atoms with E-state index in [1.165, 1.54) is 6.07 Å². The first-order valence-electron chi connectivity index (χ1n) is 10.2. The number of benzene rings is 1. The van der Waals surface area contributed by atoms with Gasteiger partial charge >= 0.3 is 0 Å². The van der Waals surface area contributed by atoms with E-state index >= 15 is 0 Å². The van der Waals surface area contributed by atoms with Crippen molar-refractivity contribution < 1.29 is 14.3 Å². The van der Waals surface area contributed by atoms with Gasteiger partial charge in [0.1, 0.15) is 11.6 Å². The van der Waals surface area contributed by atoms with Gasteiger partial charge in [0.05, 0.1) is 0 Å². The molecule has 3 rings (SSSR count). The quantitative estimate of drug-likeness (QED) is 0.749. The normalized spacial score (nSPS) is 18.2. The van der Waals surface area contributed by atoms with E-state index in [2.05, 4.69) is 18.8 Å². The van der Waals surface area contributed by atoms with Gasteiger partial charge in [-0.2, -0.15) is 0 Å². The lowest BCUT2D eigenvalue weighted by Crippen LogP contribution is -2.31. The molecule has 1 aromatic heterocycles. The van der Waals surface area contributed by atoms with Crippen LogP contribution in [0.2, 0.25) is 0 Å². The number of hydrogen-bond acceptors (Lipinski definition) is 4. The summed E-state index contributed by atoms with van der Waals surface area (Å²) >= 11 is 0. The van der Waals surface area contributed by atoms with Crippen LogP contribution < -0.4 is 5.56 Å². The summed E-state index contributed by atoms with van der Waals surface area (Å²) in [6.45, 7) is 8.39. The summed E-state index contributed by atoms with van der Waals surface area (Å²) in [6.07, 6.45) is 3.14. The smallest absolute Gasteiger partial charge is 0.296 e. The van der Waals surface area contributed by atoms with Crippen molar-refractivity contribution >= 4 is 5.78 Å². The third-order valence-electron chi connectivity index (χ3n) is 5.92. The first-order chi connectivity index (χ1) is 13.6. The van der Waals surface area contributed by atoms with E-state index in [9.17, 15) is 19.1 Å². The average Bonchev–Trinajstić information content (AvgIpc) is 2.80. The van der Waals surface area contributed by atoms with Crippen LogP contribution in [0.5, 0.6) is 5.75 Å². The van der Waals surface area contributed by atoms with E-state index < -0.39 is 11.3 Å². The van der Waals surface area contributed by atoms with Crippen molar-refractivity contribution in [2.24, 2.45) is 5.41 Å². The standard InChI is InChI=1S/C23H29FN2O3/c1-5-16-10-11-23(3,4)13-26-21(16)25-19(20(28)22(26)29)18(27)9-7-15-6-8-17(24)14(2)12-15/h6,8,12,16,28H,5,7,9-11,13H2,1-4H3. The fourth-order valence-electron chi connectivity index (χ4n) is 4.05. The molecule has 1 aromatic carbocycles. The van der Waals surface area contributed by atoms with E-state index in [0.717, 1.165) is 24.8 Å². The number of rotatable bonds is 5. The monoisotopic (exact) mass is 400 g/mol. The second kappa shape index (κ2) is 8.09. The molecule has 5 nitrogen and oxygen atoms in total. The molecule has 0 amide bonds. The molecule has 0 bridgehead atoms. The molecule has 0 spiro atoms. The second-order valence-corrected chi connectivity index (χ2v) is 8.87. The molecule has 0 fully saturated rings. The predicted octanol–water partition coefficient (Wildman–Crippen LogP) is 4.53. The fourth-order valence-corrected chi connectivity index (χ4v) is 4.05. The zero-order valence-corrected chi connectivity index (χ0v) is 17.6. The van der Waals surface area contributed by atoms with E-state index in [-0.39, 0.29) is 35.0 Å². The van der Waals surface area contributed by atoms with Crippen LogP contribution in [0, 0.1) is 18.2 Å². The van der Waals surface area contributed by atoms with E-state index in [1.807, 2.05) is 6.92 Å². The van der Waals surface area contributed by atoms with Crippen molar-refractivity contribution in [3.05, 3.63) is 57.0 Å². The molecule has 2 heterocycles. The molecule has 1 aliphatic heterocycles. The molecule has 0 aliphatic carbocycles. The van der Waals surface area contributed by atoms with Gasteiger partial charge in [0.25, 0.3) is 5.56 Å². The molecule has 0 radical (unpaired) electrons. The lowest BCUT2D eigenvalue weighted by molar-refractivity contribution is 0.0973. The highest BCUT2D eigenvalue weighted by atomic mass is 19.1. The minimum atomic E-state index is -0.568. The van der Waals surface area contributed by atoms with E-state index in [4.69, 9.17) is 0 Å². The molecule has 29 heavy (non-hydrogen) atoms. The Morgan fingerprint density at radius 2 is 2.10 bits per heavy atom. The van der Waals surface area contributed by atoms with Crippen LogP contribution in [-0.4, -0.2) is 20.4 Å². The van der Waals surface area contributed by atoms with E-state index in [0.29, 0.717) is 24.4 Å². The average molecular weight is 400 g/mol. The highest BCUT2D eigenvalue weighted by Gasteiger charge is 2.32. The molecule has 0 saturated heterocycles. The van der Waals surface area contributed by atoms with Crippen molar-refractivity contribution in [1.29, 1.82) is 0 Å². The van der Waals surface area contributed by atoms with Gasteiger partial charge in [-0.05, 0) is 55.2 Å². The van der Waals surface area contributed by atoms with Gasteiger partial charge in [-0.25, -0.2) is 9.37 Å². The number of fused-ring (bicyclic) bond motifs is 1. The summed E-state index contributed by atoms with van der Waals surface area (Å²) in [5, 5.41) is 10.5. The number of Topliss-reactive ketones (excluding diaryl/α,β-unsaturated/α-hetero) is 1. The highest BCUT2D eigenvalue weighted by molar-refractivity contribution is 5.96. The lowest BCUT2D eigenvalue weighted by atomic mass is 9.85. The van der Waals surface area contributed by atoms with Gasteiger partial charge in [0, 0.05) is 18.9 Å². The Balaban J connectivity index is 1.92. The van der Waals surface area contributed by atoms with Crippen LogP contribution in [0.3, 0.4) is 0 Å². The summed E-state index contributed by atoms with van der Waals surface area (Å²) in [7, 11) is 0. The van der Waals surface area contributed by atoms with Gasteiger partial charge in [0.2, 0.25) is 5.75 Å². The Labute approximate surface area is 170 Å². The molecule has 1 atom stereocenters. The molecule has 1 aliphatic rings. The molecule has 2 aromatic rings. The molecule has 0 saturated carbocycles. The second-order valence-electron chi connectivity index (χ2n) is 8.87. The maximum Gasteiger partial charge on any atom is 0.296 e. The Kier molecular flexibility index (Phi) is 5.92. The third kappa shape index (κ3) is 4.41. The van der Waals surface area contributed by atoms with Crippen LogP contribution >= 0.6 is 0 Å². The minimum absolute atomic E-state index is 0.0800. The van der Waals surface area contributed by atoms with Crippen molar-refractivity contribution in [2.75, 3.05) is 0 Å². The van der Waals surface area contributed by atoms with E-state index in [1.54, 1.807) is 23.6 Å². The number of carbonyl (C=O) groups excluding carboxylic acids is 1. The van der Waals surface area contributed by atoms with Crippen molar-refractivity contribution in [3.8, 4) is 5.75 Å². The van der Waals surface area contributed by atoms with Crippen LogP contribution in [0.1, 0.15) is 79.8 Å². The number of halogens is 1. The first kappa shape index (κ1) is 21.2. The van der Waals surface area contributed by atoms with Crippen LogP contribution in [-0.2, 0) is 13.0 Å². The predicted molar refractivity (Wildman–Crippen MR) is 110 cm³/mol. The number of aryl methyl sites for hydroxylation is 2. The number of ketones is 1. The van der Waals surface area contributed by atoms with Gasteiger partial charge in [0.15, 0.2) is 11.5 Å². The number of nitrogens with zero attached hydrogens (tertiary/aromatic N) is 2. The molecule has 156 valence electrons. The number of aromatic nitrogens is 2. The lowest BCUT2D eigenvalue weighted by Gasteiger charge is -2.23. The van der Waals surface area contributed by atoms with Crippen molar-refractivity contribution in [3.63, 3.8) is 0 Å². The Morgan fingerprint density at radius 3 is 2.76 bits per heavy atom. The van der Waals surface area contributed by atoms with Crippen LogP contribution in [0.15, 0.2) is 23.0 Å². The maximum absolute atomic E-state index is 13.4. The fraction of sp³-hybridized carbons (Fsp3) is 0.522. The topological polar surface area (TPSA) is 72.2 Å². The summed E-state index contributed by atoms with van der Waals surface area (Å²) < 4.78 is 15.0.